The zero-order valence-corrected chi connectivity index (χ0v) is 16.1. The van der Waals surface area contributed by atoms with Crippen LogP contribution in [0.25, 0.3) is 22.3 Å². The quantitative estimate of drug-likeness (QED) is 0.634. The molecule has 0 radical (unpaired) electrons. The lowest BCUT2D eigenvalue weighted by atomic mass is 10.0. The Bertz CT molecular complexity index is 1090. The minimum absolute atomic E-state index is 0.0729. The highest BCUT2D eigenvalue weighted by molar-refractivity contribution is 6.11. The lowest BCUT2D eigenvalue weighted by Gasteiger charge is -2.17. The first-order chi connectivity index (χ1) is 14.2. The Labute approximate surface area is 168 Å². The van der Waals surface area contributed by atoms with E-state index in [0.717, 1.165) is 10.9 Å². The van der Waals surface area contributed by atoms with Gasteiger partial charge in [0.1, 0.15) is 17.1 Å². The molecule has 29 heavy (non-hydrogen) atoms. The predicted octanol–water partition coefficient (Wildman–Crippen LogP) is 3.74. The van der Waals surface area contributed by atoms with Crippen molar-refractivity contribution in [1.82, 2.24) is 4.90 Å². The van der Waals surface area contributed by atoms with E-state index >= 15 is 0 Å². The number of nitrogens with zero attached hydrogens (tertiary/aromatic N) is 1. The molecule has 5 rings (SSSR count). The van der Waals surface area contributed by atoms with Crippen molar-refractivity contribution >= 4 is 22.8 Å². The molecule has 6 nitrogen and oxygen atoms in total. The highest BCUT2D eigenvalue weighted by Gasteiger charge is 2.46. The number of esters is 1. The van der Waals surface area contributed by atoms with Gasteiger partial charge in [-0.25, -0.2) is 0 Å². The van der Waals surface area contributed by atoms with Gasteiger partial charge in [0.25, 0.3) is 5.91 Å². The molecule has 2 fully saturated rings. The third kappa shape index (κ3) is 2.95. The maximum atomic E-state index is 13.6. The predicted molar refractivity (Wildman–Crippen MR) is 107 cm³/mol. The smallest absolute Gasteiger partial charge is 0.311 e. The summed E-state index contributed by atoms with van der Waals surface area (Å²) < 4.78 is 16.9. The number of cyclic esters (lactones) is 1. The van der Waals surface area contributed by atoms with Crippen molar-refractivity contribution < 1.29 is 23.5 Å². The molecule has 1 amide bonds. The largest absolute Gasteiger partial charge is 0.494 e. The summed E-state index contributed by atoms with van der Waals surface area (Å²) in [6.07, 6.45) is 0. The van der Waals surface area contributed by atoms with Crippen molar-refractivity contribution in [3.8, 4) is 17.1 Å². The molecule has 0 aliphatic carbocycles. The van der Waals surface area contributed by atoms with Crippen LogP contribution in [0.4, 0.5) is 0 Å². The van der Waals surface area contributed by atoms with Crippen molar-refractivity contribution in [2.75, 3.05) is 26.3 Å². The summed E-state index contributed by atoms with van der Waals surface area (Å²) in [5, 5.41) is 0.722. The van der Waals surface area contributed by atoms with Crippen LogP contribution in [0.2, 0.25) is 0 Å². The fourth-order valence-corrected chi connectivity index (χ4v) is 4.27. The van der Waals surface area contributed by atoms with Gasteiger partial charge in [-0.05, 0) is 25.1 Å². The standard InChI is InChI=1S/C23H21NO5/c1-2-27-16-8-9-19-17(10-16)20(21(29-19)14-6-4-3-5-7-14)22(25)24-11-15-13-28-23(26)18(15)12-24/h3-10,15,18H,2,11-13H2,1H3/t15-,18-/m1/s1. The summed E-state index contributed by atoms with van der Waals surface area (Å²) in [4.78, 5) is 27.3. The first kappa shape index (κ1) is 17.8. The molecule has 2 aliphatic heterocycles. The number of benzene rings is 2. The van der Waals surface area contributed by atoms with Gasteiger partial charge >= 0.3 is 5.97 Å². The Morgan fingerprint density at radius 1 is 1.17 bits per heavy atom. The Balaban J connectivity index is 1.61. The molecule has 2 aromatic carbocycles. The molecule has 1 aromatic heterocycles. The molecule has 2 atom stereocenters. The maximum Gasteiger partial charge on any atom is 0.311 e. The Morgan fingerprint density at radius 2 is 2.00 bits per heavy atom. The normalized spacial score (nSPS) is 20.7. The molecule has 6 heteroatoms. The number of fused-ring (bicyclic) bond motifs is 2. The second-order valence-corrected chi connectivity index (χ2v) is 7.47. The number of hydrogen-bond acceptors (Lipinski definition) is 5. The van der Waals surface area contributed by atoms with Crippen LogP contribution in [0.5, 0.6) is 5.75 Å². The first-order valence-electron chi connectivity index (χ1n) is 9.86. The number of carbonyl (C=O) groups excluding carboxylic acids is 2. The van der Waals surface area contributed by atoms with E-state index in [9.17, 15) is 9.59 Å². The van der Waals surface area contributed by atoms with Crippen LogP contribution in [0.3, 0.4) is 0 Å². The van der Waals surface area contributed by atoms with Gasteiger partial charge in [0.05, 0.1) is 24.7 Å². The van der Waals surface area contributed by atoms with E-state index in [1.165, 1.54) is 0 Å². The molecule has 0 saturated carbocycles. The Morgan fingerprint density at radius 3 is 2.76 bits per heavy atom. The maximum absolute atomic E-state index is 13.6. The Kier molecular flexibility index (Phi) is 4.27. The summed E-state index contributed by atoms with van der Waals surface area (Å²) in [6.45, 7) is 3.74. The SMILES string of the molecule is CCOc1ccc2oc(-c3ccccc3)c(C(=O)N3C[C@@H]4COC(=O)[C@@H]4C3)c2c1. The molecule has 2 aliphatic rings. The molecule has 0 bridgehead atoms. The van der Waals surface area contributed by atoms with Crippen LogP contribution in [-0.2, 0) is 9.53 Å². The second kappa shape index (κ2) is 6.95. The van der Waals surface area contributed by atoms with Gasteiger partial charge in [-0.2, -0.15) is 0 Å². The lowest BCUT2D eigenvalue weighted by molar-refractivity contribution is -0.141. The number of amides is 1. The molecule has 3 aromatic rings. The molecule has 148 valence electrons. The molecular formula is C23H21NO5. The van der Waals surface area contributed by atoms with E-state index in [0.29, 0.717) is 49.0 Å². The van der Waals surface area contributed by atoms with Crippen LogP contribution >= 0.6 is 0 Å². The van der Waals surface area contributed by atoms with Crippen molar-refractivity contribution in [3.63, 3.8) is 0 Å². The minimum atomic E-state index is -0.226. The Hall–Kier alpha value is -3.28. The van der Waals surface area contributed by atoms with Crippen LogP contribution in [0.15, 0.2) is 52.9 Å². The average molecular weight is 391 g/mol. The van der Waals surface area contributed by atoms with E-state index in [1.807, 2.05) is 55.5 Å². The molecular weight excluding hydrogens is 370 g/mol. The van der Waals surface area contributed by atoms with E-state index in [-0.39, 0.29) is 23.7 Å². The van der Waals surface area contributed by atoms with E-state index in [4.69, 9.17) is 13.9 Å². The topological polar surface area (TPSA) is 69.0 Å². The van der Waals surface area contributed by atoms with Crippen molar-refractivity contribution in [1.29, 1.82) is 0 Å². The number of ether oxygens (including phenoxy) is 2. The highest BCUT2D eigenvalue weighted by Crippen LogP contribution is 2.38. The van der Waals surface area contributed by atoms with Crippen LogP contribution in [-0.4, -0.2) is 43.1 Å². The summed E-state index contributed by atoms with van der Waals surface area (Å²) in [5.41, 5.74) is 1.99. The summed E-state index contributed by atoms with van der Waals surface area (Å²) >= 11 is 0. The third-order valence-electron chi connectivity index (χ3n) is 5.69. The van der Waals surface area contributed by atoms with E-state index < -0.39 is 0 Å². The van der Waals surface area contributed by atoms with Gasteiger partial charge in [-0.3, -0.25) is 9.59 Å². The number of carbonyl (C=O) groups is 2. The fourth-order valence-electron chi connectivity index (χ4n) is 4.27. The van der Waals surface area contributed by atoms with E-state index in [1.54, 1.807) is 4.90 Å². The first-order valence-corrected chi connectivity index (χ1v) is 9.86. The number of hydrogen-bond donors (Lipinski definition) is 0. The zero-order valence-electron chi connectivity index (χ0n) is 16.1. The van der Waals surface area contributed by atoms with E-state index in [2.05, 4.69) is 0 Å². The molecule has 0 unspecified atom stereocenters. The molecule has 3 heterocycles. The second-order valence-electron chi connectivity index (χ2n) is 7.47. The van der Waals surface area contributed by atoms with Crippen LogP contribution in [0, 0.1) is 11.8 Å². The van der Waals surface area contributed by atoms with Gasteiger partial charge in [0.15, 0.2) is 0 Å². The monoisotopic (exact) mass is 391 g/mol. The van der Waals surface area contributed by atoms with Gasteiger partial charge in [-0.1, -0.05) is 30.3 Å². The molecule has 2 saturated heterocycles. The minimum Gasteiger partial charge on any atom is -0.494 e. The number of rotatable bonds is 4. The lowest BCUT2D eigenvalue weighted by Crippen LogP contribution is -2.31. The summed E-state index contributed by atoms with van der Waals surface area (Å²) in [6, 6.07) is 15.1. The summed E-state index contributed by atoms with van der Waals surface area (Å²) in [5.74, 6) is 0.748. The fraction of sp³-hybridized carbons (Fsp3) is 0.304. The third-order valence-corrected chi connectivity index (χ3v) is 5.69. The van der Waals surface area contributed by atoms with Gasteiger partial charge in [0.2, 0.25) is 0 Å². The number of likely N-dealkylation sites (tertiary alicyclic amines) is 1. The number of furan rings is 1. The molecule has 0 N–H and O–H groups in total. The van der Waals surface area contributed by atoms with Crippen molar-refractivity contribution in [3.05, 3.63) is 54.1 Å². The van der Waals surface area contributed by atoms with Crippen molar-refractivity contribution in [2.45, 2.75) is 6.92 Å². The van der Waals surface area contributed by atoms with Crippen LogP contribution in [0.1, 0.15) is 17.3 Å². The van der Waals surface area contributed by atoms with Gasteiger partial charge < -0.3 is 18.8 Å². The van der Waals surface area contributed by atoms with Crippen LogP contribution < -0.4 is 4.74 Å². The molecule has 0 spiro atoms. The summed E-state index contributed by atoms with van der Waals surface area (Å²) in [7, 11) is 0. The van der Waals surface area contributed by atoms with Gasteiger partial charge in [0, 0.05) is 30.0 Å². The average Bonchev–Trinajstić information content (AvgIpc) is 3.42. The zero-order chi connectivity index (χ0) is 20.0. The highest BCUT2D eigenvalue weighted by atomic mass is 16.5. The van der Waals surface area contributed by atoms with Crippen molar-refractivity contribution in [2.24, 2.45) is 11.8 Å². The van der Waals surface area contributed by atoms with Gasteiger partial charge in [-0.15, -0.1) is 0 Å².